The van der Waals surface area contributed by atoms with Crippen LogP contribution in [-0.2, 0) is 0 Å². The lowest BCUT2D eigenvalue weighted by molar-refractivity contribution is 0.120. The van der Waals surface area contributed by atoms with Crippen LogP contribution in [0.25, 0.3) is 0 Å². The number of hydrogen-bond donors (Lipinski definition) is 3. The Morgan fingerprint density at radius 3 is 2.45 bits per heavy atom. The van der Waals surface area contributed by atoms with Crippen LogP contribution in [0.5, 0.6) is 5.75 Å². The molecule has 3 rings (SSSR count). The third-order valence-corrected chi connectivity index (χ3v) is 6.14. The van der Waals surface area contributed by atoms with Gasteiger partial charge in [-0.25, -0.2) is 0 Å². The predicted octanol–water partition coefficient (Wildman–Crippen LogP) is 3.08. The zero-order valence-electron chi connectivity index (χ0n) is 18.1. The fourth-order valence-corrected chi connectivity index (χ4v) is 4.40. The zero-order valence-corrected chi connectivity index (χ0v) is 18.1. The molecule has 29 heavy (non-hydrogen) atoms. The summed E-state index contributed by atoms with van der Waals surface area (Å²) in [5.41, 5.74) is 1.30. The zero-order chi connectivity index (χ0) is 20.5. The van der Waals surface area contributed by atoms with E-state index in [4.69, 9.17) is 9.73 Å². The molecule has 1 unspecified atom stereocenters. The highest BCUT2D eigenvalue weighted by molar-refractivity contribution is 5.80. The van der Waals surface area contributed by atoms with Crippen molar-refractivity contribution in [1.82, 2.24) is 15.5 Å². The molecule has 0 spiro atoms. The second-order valence-electron chi connectivity index (χ2n) is 8.25. The summed E-state index contributed by atoms with van der Waals surface area (Å²) >= 11 is 0. The third kappa shape index (κ3) is 6.61. The fourth-order valence-electron chi connectivity index (χ4n) is 4.40. The van der Waals surface area contributed by atoms with Gasteiger partial charge in [0, 0.05) is 12.6 Å². The number of aliphatic imine (C=N–C) groups is 1. The van der Waals surface area contributed by atoms with Gasteiger partial charge >= 0.3 is 0 Å². The summed E-state index contributed by atoms with van der Waals surface area (Å²) in [7, 11) is 1.71. The minimum Gasteiger partial charge on any atom is -0.497 e. The lowest BCUT2D eigenvalue weighted by Crippen LogP contribution is -2.46. The molecule has 1 aliphatic carbocycles. The van der Waals surface area contributed by atoms with Crippen molar-refractivity contribution < 1.29 is 9.84 Å². The van der Waals surface area contributed by atoms with Gasteiger partial charge in [-0.3, -0.25) is 9.89 Å². The molecule has 1 aliphatic heterocycles. The van der Waals surface area contributed by atoms with E-state index in [1.54, 1.807) is 7.11 Å². The Hall–Kier alpha value is -1.79. The predicted molar refractivity (Wildman–Crippen MR) is 119 cm³/mol. The molecule has 0 aromatic heterocycles. The van der Waals surface area contributed by atoms with Crippen LogP contribution in [0.3, 0.4) is 0 Å². The summed E-state index contributed by atoms with van der Waals surface area (Å²) in [6.07, 6.45) is 7.47. The number of methoxy groups -OCH3 is 1. The van der Waals surface area contributed by atoms with E-state index in [1.165, 1.54) is 24.8 Å². The minimum atomic E-state index is -0.133. The van der Waals surface area contributed by atoms with Crippen LogP contribution in [0.2, 0.25) is 0 Å². The summed E-state index contributed by atoms with van der Waals surface area (Å²) in [6.45, 7) is 5.95. The second-order valence-corrected chi connectivity index (χ2v) is 8.25. The number of likely N-dealkylation sites (tertiary alicyclic amines) is 1. The van der Waals surface area contributed by atoms with Crippen molar-refractivity contribution >= 4 is 5.96 Å². The molecule has 3 N–H and O–H groups in total. The molecule has 2 fully saturated rings. The summed E-state index contributed by atoms with van der Waals surface area (Å²) < 4.78 is 5.34. The molecule has 1 aromatic carbocycles. The van der Waals surface area contributed by atoms with Gasteiger partial charge in [-0.1, -0.05) is 18.6 Å². The fraction of sp³-hybridized carbons (Fsp3) is 0.696. The van der Waals surface area contributed by atoms with E-state index in [2.05, 4.69) is 34.6 Å². The number of nitrogens with one attached hydrogen (secondary N) is 2. The molecule has 6 heteroatoms. The monoisotopic (exact) mass is 402 g/mol. The van der Waals surface area contributed by atoms with E-state index in [1.807, 2.05) is 12.1 Å². The topological polar surface area (TPSA) is 69.1 Å². The molecule has 6 nitrogen and oxygen atoms in total. The van der Waals surface area contributed by atoms with E-state index >= 15 is 0 Å². The maximum absolute atomic E-state index is 9.76. The molecular formula is C23H38N4O2. The molecule has 1 saturated heterocycles. The SMILES string of the molecule is CCNC(=NCC(c1ccc(OC)cc1)N1CCCCC1)NC1CCC(O)CC1. The van der Waals surface area contributed by atoms with Crippen LogP contribution in [-0.4, -0.2) is 61.4 Å². The number of rotatable bonds is 7. The number of aliphatic hydroxyl groups is 1. The van der Waals surface area contributed by atoms with Crippen molar-refractivity contribution in [3.63, 3.8) is 0 Å². The van der Waals surface area contributed by atoms with Crippen LogP contribution < -0.4 is 15.4 Å². The normalized spacial score (nSPS) is 24.7. The molecule has 162 valence electrons. The van der Waals surface area contributed by atoms with E-state index in [0.29, 0.717) is 6.04 Å². The Morgan fingerprint density at radius 1 is 1.14 bits per heavy atom. The van der Waals surface area contributed by atoms with Crippen LogP contribution >= 0.6 is 0 Å². The Labute approximate surface area is 175 Å². The van der Waals surface area contributed by atoms with Gasteiger partial charge in [0.25, 0.3) is 0 Å². The number of aliphatic hydroxyl groups excluding tert-OH is 1. The van der Waals surface area contributed by atoms with E-state index < -0.39 is 0 Å². The first-order chi connectivity index (χ1) is 14.2. The number of ether oxygens (including phenoxy) is 1. The molecule has 0 amide bonds. The van der Waals surface area contributed by atoms with Crippen LogP contribution in [0.15, 0.2) is 29.3 Å². The van der Waals surface area contributed by atoms with Gasteiger partial charge in [-0.2, -0.15) is 0 Å². The molecule has 2 aliphatic rings. The molecular weight excluding hydrogens is 364 g/mol. The van der Waals surface area contributed by atoms with Crippen molar-refractivity contribution in [2.24, 2.45) is 4.99 Å². The number of nitrogens with zero attached hydrogens (tertiary/aromatic N) is 2. The first-order valence-corrected chi connectivity index (χ1v) is 11.3. The largest absolute Gasteiger partial charge is 0.497 e. The number of hydrogen-bond acceptors (Lipinski definition) is 4. The van der Waals surface area contributed by atoms with Gasteiger partial charge in [0.15, 0.2) is 5.96 Å². The maximum atomic E-state index is 9.76. The van der Waals surface area contributed by atoms with E-state index in [0.717, 1.165) is 63.6 Å². The van der Waals surface area contributed by atoms with E-state index in [9.17, 15) is 5.11 Å². The molecule has 1 heterocycles. The number of piperidine rings is 1. The van der Waals surface area contributed by atoms with Crippen LogP contribution in [0.1, 0.15) is 63.5 Å². The highest BCUT2D eigenvalue weighted by atomic mass is 16.5. The Morgan fingerprint density at radius 2 is 1.83 bits per heavy atom. The minimum absolute atomic E-state index is 0.133. The summed E-state index contributed by atoms with van der Waals surface area (Å²) in [5, 5.41) is 16.8. The van der Waals surface area contributed by atoms with E-state index in [-0.39, 0.29) is 12.1 Å². The van der Waals surface area contributed by atoms with Crippen molar-refractivity contribution in [2.75, 3.05) is 33.3 Å². The lowest BCUT2D eigenvalue weighted by Gasteiger charge is -2.34. The second kappa shape index (κ2) is 11.4. The van der Waals surface area contributed by atoms with Crippen molar-refractivity contribution in [3.8, 4) is 5.75 Å². The smallest absolute Gasteiger partial charge is 0.191 e. The molecule has 1 atom stereocenters. The Balaban J connectivity index is 1.71. The average molecular weight is 403 g/mol. The highest BCUT2D eigenvalue weighted by Gasteiger charge is 2.23. The van der Waals surface area contributed by atoms with Gasteiger partial charge in [0.05, 0.1) is 25.8 Å². The quantitative estimate of drug-likeness (QED) is 0.483. The number of guanidine groups is 1. The van der Waals surface area contributed by atoms with Crippen LogP contribution in [0.4, 0.5) is 0 Å². The maximum Gasteiger partial charge on any atom is 0.191 e. The first-order valence-electron chi connectivity index (χ1n) is 11.3. The summed E-state index contributed by atoms with van der Waals surface area (Å²) in [5.74, 6) is 1.79. The van der Waals surface area contributed by atoms with Crippen LogP contribution in [0, 0.1) is 0 Å². The van der Waals surface area contributed by atoms with Crippen molar-refractivity contribution in [3.05, 3.63) is 29.8 Å². The van der Waals surface area contributed by atoms with Crippen molar-refractivity contribution in [2.45, 2.75) is 70.1 Å². The van der Waals surface area contributed by atoms with Gasteiger partial charge < -0.3 is 20.5 Å². The molecule has 0 bridgehead atoms. The third-order valence-electron chi connectivity index (χ3n) is 6.14. The molecule has 1 aromatic rings. The average Bonchev–Trinajstić information content (AvgIpc) is 2.77. The Kier molecular flexibility index (Phi) is 8.62. The lowest BCUT2D eigenvalue weighted by atomic mass is 9.93. The summed E-state index contributed by atoms with van der Waals surface area (Å²) in [6, 6.07) is 9.13. The van der Waals surface area contributed by atoms with Gasteiger partial charge in [-0.15, -0.1) is 0 Å². The van der Waals surface area contributed by atoms with Crippen molar-refractivity contribution in [1.29, 1.82) is 0 Å². The summed E-state index contributed by atoms with van der Waals surface area (Å²) in [4.78, 5) is 7.56. The van der Waals surface area contributed by atoms with Gasteiger partial charge in [0.1, 0.15) is 5.75 Å². The standard InChI is InChI=1S/C23H38N4O2/c1-3-24-23(26-19-9-11-20(28)12-10-19)25-17-22(27-15-5-4-6-16-27)18-7-13-21(29-2)14-8-18/h7-8,13-14,19-20,22,28H,3-6,9-12,15-17H2,1-2H3,(H2,24,25,26). The molecule has 1 saturated carbocycles. The Bertz CT molecular complexity index is 620. The number of benzene rings is 1. The van der Waals surface area contributed by atoms with Gasteiger partial charge in [-0.05, 0) is 76.2 Å². The molecule has 0 radical (unpaired) electrons. The van der Waals surface area contributed by atoms with Gasteiger partial charge in [0.2, 0.25) is 0 Å². The first kappa shape index (κ1) is 21.9. The highest BCUT2D eigenvalue weighted by Crippen LogP contribution is 2.27.